The van der Waals surface area contributed by atoms with Crippen LogP contribution in [-0.2, 0) is 4.79 Å². The van der Waals surface area contributed by atoms with Gasteiger partial charge in [-0.3, -0.25) is 4.79 Å². The third-order valence-corrected chi connectivity index (χ3v) is 3.88. The lowest BCUT2D eigenvalue weighted by Crippen LogP contribution is -2.54. The highest BCUT2D eigenvalue weighted by molar-refractivity contribution is 5.98. The summed E-state index contributed by atoms with van der Waals surface area (Å²) in [5.41, 5.74) is 0.127. The lowest BCUT2D eigenvalue weighted by atomic mass is 9.95. The van der Waals surface area contributed by atoms with Gasteiger partial charge in [0.2, 0.25) is 0 Å². The van der Waals surface area contributed by atoms with Crippen molar-refractivity contribution in [3.05, 3.63) is 29.3 Å². The summed E-state index contributed by atoms with van der Waals surface area (Å²) in [6, 6.07) is 5.07. The van der Waals surface area contributed by atoms with Gasteiger partial charge in [-0.1, -0.05) is 6.07 Å². The summed E-state index contributed by atoms with van der Waals surface area (Å²) in [6.45, 7) is 3.45. The van der Waals surface area contributed by atoms with E-state index < -0.39 is 11.5 Å². The molecule has 5 nitrogen and oxygen atoms in total. The number of carboxylic acid groups (broad SMARTS) is 1. The minimum absolute atomic E-state index is 0.0105. The van der Waals surface area contributed by atoms with Gasteiger partial charge in [-0.15, -0.1) is 0 Å². The number of amides is 1. The van der Waals surface area contributed by atoms with E-state index in [1.54, 1.807) is 25.1 Å². The van der Waals surface area contributed by atoms with Crippen LogP contribution in [0.1, 0.15) is 35.7 Å². The number of rotatable bonds is 5. The molecule has 1 fully saturated rings. The minimum atomic E-state index is -1.20. The second kappa shape index (κ2) is 5.15. The summed E-state index contributed by atoms with van der Waals surface area (Å²) < 4.78 is 5.18. The van der Waals surface area contributed by atoms with Crippen molar-refractivity contribution in [3.63, 3.8) is 0 Å². The molecule has 1 saturated carbocycles. The van der Waals surface area contributed by atoms with E-state index in [4.69, 9.17) is 4.74 Å². The third kappa shape index (κ3) is 2.61. The SMILES string of the molecule is COc1cc(C(=O)NC(C)(C(=O)O)C2CC2)ccc1C. The number of nitrogens with one attached hydrogen (secondary N) is 1. The highest BCUT2D eigenvalue weighted by atomic mass is 16.5. The number of ether oxygens (including phenoxy) is 1. The maximum atomic E-state index is 12.2. The van der Waals surface area contributed by atoms with Gasteiger partial charge in [0.05, 0.1) is 7.11 Å². The zero-order valence-electron chi connectivity index (χ0n) is 11.9. The zero-order chi connectivity index (χ0) is 14.9. The number of carboxylic acids is 1. The molecule has 0 heterocycles. The van der Waals surface area contributed by atoms with Gasteiger partial charge in [-0.25, -0.2) is 4.79 Å². The molecule has 0 saturated heterocycles. The van der Waals surface area contributed by atoms with Crippen LogP contribution in [0.5, 0.6) is 5.75 Å². The topological polar surface area (TPSA) is 75.6 Å². The molecule has 0 aromatic heterocycles. The van der Waals surface area contributed by atoms with Gasteiger partial charge >= 0.3 is 5.97 Å². The number of carbonyl (C=O) groups excluding carboxylic acids is 1. The van der Waals surface area contributed by atoms with Crippen molar-refractivity contribution < 1.29 is 19.4 Å². The number of aryl methyl sites for hydroxylation is 1. The number of methoxy groups -OCH3 is 1. The van der Waals surface area contributed by atoms with E-state index in [0.29, 0.717) is 11.3 Å². The standard InChI is InChI=1S/C15H19NO4/c1-9-4-5-10(8-12(9)20-3)13(17)16-15(2,14(18)19)11-6-7-11/h4-5,8,11H,6-7H2,1-3H3,(H,16,17)(H,18,19). The predicted molar refractivity (Wildman–Crippen MR) is 74.0 cm³/mol. The molecule has 0 spiro atoms. The van der Waals surface area contributed by atoms with Gasteiger partial charge in [-0.05, 0) is 50.3 Å². The monoisotopic (exact) mass is 277 g/mol. The quantitative estimate of drug-likeness (QED) is 0.863. The summed E-state index contributed by atoms with van der Waals surface area (Å²) in [7, 11) is 1.54. The van der Waals surface area contributed by atoms with E-state index in [-0.39, 0.29) is 11.8 Å². The molecule has 1 aromatic carbocycles. The maximum Gasteiger partial charge on any atom is 0.329 e. The first-order valence-corrected chi connectivity index (χ1v) is 6.59. The second-order valence-electron chi connectivity index (χ2n) is 5.42. The number of benzene rings is 1. The largest absolute Gasteiger partial charge is 0.496 e. The molecule has 0 bridgehead atoms. The Kier molecular flexibility index (Phi) is 3.70. The number of carbonyl (C=O) groups is 2. The summed E-state index contributed by atoms with van der Waals surface area (Å²) in [5, 5.41) is 12.0. The molecule has 2 rings (SSSR count). The van der Waals surface area contributed by atoms with Crippen molar-refractivity contribution in [2.24, 2.45) is 5.92 Å². The highest BCUT2D eigenvalue weighted by Crippen LogP contribution is 2.40. The molecule has 0 aliphatic heterocycles. The fourth-order valence-corrected chi connectivity index (χ4v) is 2.26. The van der Waals surface area contributed by atoms with E-state index in [2.05, 4.69) is 5.32 Å². The Morgan fingerprint density at radius 1 is 1.40 bits per heavy atom. The fourth-order valence-electron chi connectivity index (χ4n) is 2.26. The number of hydrogen-bond acceptors (Lipinski definition) is 3. The van der Waals surface area contributed by atoms with Gasteiger partial charge in [-0.2, -0.15) is 0 Å². The Labute approximate surface area is 117 Å². The van der Waals surface area contributed by atoms with E-state index in [1.807, 2.05) is 6.92 Å². The molecule has 1 aliphatic rings. The summed E-state index contributed by atoms with van der Waals surface area (Å²) in [4.78, 5) is 23.7. The summed E-state index contributed by atoms with van der Waals surface area (Å²) in [6.07, 6.45) is 1.67. The molecular formula is C15H19NO4. The van der Waals surface area contributed by atoms with Crippen LogP contribution >= 0.6 is 0 Å². The van der Waals surface area contributed by atoms with Gasteiger partial charge in [0.15, 0.2) is 0 Å². The molecule has 1 amide bonds. The van der Waals surface area contributed by atoms with Gasteiger partial charge < -0.3 is 15.2 Å². The van der Waals surface area contributed by atoms with Crippen molar-refractivity contribution in [3.8, 4) is 5.75 Å². The number of aliphatic carboxylic acids is 1. The van der Waals surface area contributed by atoms with Crippen LogP contribution in [0.3, 0.4) is 0 Å². The Morgan fingerprint density at radius 2 is 2.05 bits per heavy atom. The molecule has 1 atom stereocenters. The van der Waals surface area contributed by atoms with E-state index in [0.717, 1.165) is 18.4 Å². The Hall–Kier alpha value is -2.04. The van der Waals surface area contributed by atoms with Crippen molar-refractivity contribution in [1.82, 2.24) is 5.32 Å². The normalized spacial score (nSPS) is 17.1. The fraction of sp³-hybridized carbons (Fsp3) is 0.467. The van der Waals surface area contributed by atoms with Crippen molar-refractivity contribution in [2.75, 3.05) is 7.11 Å². The van der Waals surface area contributed by atoms with Crippen molar-refractivity contribution in [1.29, 1.82) is 0 Å². The summed E-state index contributed by atoms with van der Waals surface area (Å²) >= 11 is 0. The van der Waals surface area contributed by atoms with Crippen LogP contribution in [-0.4, -0.2) is 29.6 Å². The van der Waals surface area contributed by atoms with Crippen LogP contribution in [0.15, 0.2) is 18.2 Å². The van der Waals surface area contributed by atoms with Crippen LogP contribution in [0.25, 0.3) is 0 Å². The van der Waals surface area contributed by atoms with Gasteiger partial charge in [0, 0.05) is 5.56 Å². The number of hydrogen-bond donors (Lipinski definition) is 2. The van der Waals surface area contributed by atoms with Gasteiger partial charge in [0.1, 0.15) is 11.3 Å². The zero-order valence-corrected chi connectivity index (χ0v) is 11.9. The van der Waals surface area contributed by atoms with Gasteiger partial charge in [0.25, 0.3) is 5.91 Å². The van der Waals surface area contributed by atoms with E-state index >= 15 is 0 Å². The Balaban J connectivity index is 2.21. The average molecular weight is 277 g/mol. The van der Waals surface area contributed by atoms with E-state index in [9.17, 15) is 14.7 Å². The lowest BCUT2D eigenvalue weighted by Gasteiger charge is -2.26. The molecule has 2 N–H and O–H groups in total. The first-order valence-electron chi connectivity index (χ1n) is 6.59. The van der Waals surface area contributed by atoms with Crippen molar-refractivity contribution in [2.45, 2.75) is 32.2 Å². The first-order chi connectivity index (χ1) is 9.38. The van der Waals surface area contributed by atoms with Crippen LogP contribution in [0.2, 0.25) is 0 Å². The predicted octanol–water partition coefficient (Wildman–Crippen LogP) is 1.99. The Bertz CT molecular complexity index is 551. The van der Waals surface area contributed by atoms with Crippen LogP contribution < -0.4 is 10.1 Å². The lowest BCUT2D eigenvalue weighted by molar-refractivity contribution is -0.144. The molecule has 1 aromatic rings. The second-order valence-corrected chi connectivity index (χ2v) is 5.42. The molecule has 1 unspecified atom stereocenters. The third-order valence-electron chi connectivity index (χ3n) is 3.88. The first kappa shape index (κ1) is 14.4. The van der Waals surface area contributed by atoms with Crippen LogP contribution in [0.4, 0.5) is 0 Å². The maximum absolute atomic E-state index is 12.2. The highest BCUT2D eigenvalue weighted by Gasteiger charge is 2.48. The van der Waals surface area contributed by atoms with Crippen molar-refractivity contribution >= 4 is 11.9 Å². The van der Waals surface area contributed by atoms with E-state index in [1.165, 1.54) is 7.11 Å². The molecule has 5 heteroatoms. The van der Waals surface area contributed by atoms with Crippen LogP contribution in [0, 0.1) is 12.8 Å². The minimum Gasteiger partial charge on any atom is -0.496 e. The molecule has 0 radical (unpaired) electrons. The smallest absolute Gasteiger partial charge is 0.329 e. The summed E-state index contributed by atoms with van der Waals surface area (Å²) in [5.74, 6) is -0.759. The molecule has 20 heavy (non-hydrogen) atoms. The molecular weight excluding hydrogens is 258 g/mol. The molecule has 1 aliphatic carbocycles. The average Bonchev–Trinajstić information content (AvgIpc) is 3.23. The Morgan fingerprint density at radius 3 is 2.55 bits per heavy atom. The molecule has 108 valence electrons.